The highest BCUT2D eigenvalue weighted by atomic mass is 32.1. The second kappa shape index (κ2) is 9.05. The van der Waals surface area contributed by atoms with Gasteiger partial charge in [0.1, 0.15) is 17.7 Å². The highest BCUT2D eigenvalue weighted by molar-refractivity contribution is 7.78. The van der Waals surface area contributed by atoms with Gasteiger partial charge in [0, 0.05) is 38.9 Å². The molecular weight excluding hydrogens is 422 g/mol. The largest absolute Gasteiger partial charge is 0.442 e. The summed E-state index contributed by atoms with van der Waals surface area (Å²) in [5.74, 6) is -0.651. The van der Waals surface area contributed by atoms with Crippen molar-refractivity contribution in [3.8, 4) is 0 Å². The third-order valence-corrected chi connectivity index (χ3v) is 5.94. The summed E-state index contributed by atoms with van der Waals surface area (Å²) in [6.45, 7) is 3.39. The molecule has 2 saturated heterocycles. The fraction of sp³-hybridized carbons (Fsp3) is 0.364. The lowest BCUT2D eigenvalue weighted by molar-refractivity contribution is 0.131. The molecule has 0 spiro atoms. The van der Waals surface area contributed by atoms with E-state index in [9.17, 15) is 13.6 Å². The Kier molecular flexibility index (Phi) is 6.22. The molecule has 2 aromatic rings. The Balaban J connectivity index is 1.40. The second-order valence-corrected chi connectivity index (χ2v) is 7.96. The van der Waals surface area contributed by atoms with Gasteiger partial charge in [-0.15, -0.1) is 0 Å². The number of thiocarbonyl (C=S) groups is 1. The maximum Gasteiger partial charge on any atom is 0.414 e. The molecule has 0 aliphatic carbocycles. The summed E-state index contributed by atoms with van der Waals surface area (Å²) < 4.78 is 33.8. The molecule has 4 rings (SSSR count). The van der Waals surface area contributed by atoms with Crippen LogP contribution >= 0.6 is 12.2 Å². The SMILES string of the molecule is CN(C=S)C[C@H]1CN(c2ccc(N3CCN(c4cccc(F)c4)CC3)c(F)c2)C(=O)O1. The zero-order chi connectivity index (χ0) is 22.0. The van der Waals surface area contributed by atoms with Crippen LogP contribution in [0, 0.1) is 11.6 Å². The molecule has 0 radical (unpaired) electrons. The minimum Gasteiger partial charge on any atom is -0.442 e. The summed E-state index contributed by atoms with van der Waals surface area (Å²) in [6.07, 6.45) is -0.811. The van der Waals surface area contributed by atoms with Crippen molar-refractivity contribution in [3.63, 3.8) is 0 Å². The third-order valence-electron chi connectivity index (χ3n) is 5.58. The molecule has 2 aliphatic rings. The predicted molar refractivity (Wildman–Crippen MR) is 121 cm³/mol. The Hall–Kier alpha value is -2.94. The fourth-order valence-electron chi connectivity index (χ4n) is 3.99. The molecule has 164 valence electrons. The number of amides is 1. The van der Waals surface area contributed by atoms with Gasteiger partial charge in [0.15, 0.2) is 0 Å². The van der Waals surface area contributed by atoms with Crippen LogP contribution in [0.1, 0.15) is 0 Å². The van der Waals surface area contributed by atoms with Crippen molar-refractivity contribution in [1.82, 2.24) is 4.90 Å². The Morgan fingerprint density at radius 1 is 1.10 bits per heavy atom. The van der Waals surface area contributed by atoms with Gasteiger partial charge < -0.3 is 19.4 Å². The van der Waals surface area contributed by atoms with Crippen molar-refractivity contribution in [2.45, 2.75) is 6.10 Å². The molecule has 2 fully saturated rings. The number of carbonyl (C=O) groups excluding carboxylic acids is 1. The van der Waals surface area contributed by atoms with Crippen molar-refractivity contribution in [3.05, 3.63) is 54.1 Å². The monoisotopic (exact) mass is 446 g/mol. The van der Waals surface area contributed by atoms with Gasteiger partial charge >= 0.3 is 6.09 Å². The Morgan fingerprint density at radius 3 is 2.52 bits per heavy atom. The maximum absolute atomic E-state index is 14.9. The smallest absolute Gasteiger partial charge is 0.414 e. The average molecular weight is 447 g/mol. The van der Waals surface area contributed by atoms with E-state index < -0.39 is 6.09 Å². The van der Waals surface area contributed by atoms with Crippen molar-refractivity contribution in [2.75, 3.05) is 61.0 Å². The molecule has 0 unspecified atom stereocenters. The molecule has 1 amide bonds. The first-order valence-electron chi connectivity index (χ1n) is 10.1. The van der Waals surface area contributed by atoms with Crippen LogP contribution in [0.15, 0.2) is 42.5 Å². The summed E-state index contributed by atoms with van der Waals surface area (Å²) in [4.78, 5) is 19.5. The Bertz CT molecular complexity index is 968. The molecule has 31 heavy (non-hydrogen) atoms. The van der Waals surface area contributed by atoms with Gasteiger partial charge in [-0.2, -0.15) is 0 Å². The van der Waals surface area contributed by atoms with Crippen LogP contribution in [0.3, 0.4) is 0 Å². The molecular formula is C22H24F2N4O2S. The van der Waals surface area contributed by atoms with Crippen molar-refractivity contribution in [2.24, 2.45) is 0 Å². The number of anilines is 3. The van der Waals surface area contributed by atoms with E-state index >= 15 is 0 Å². The van der Waals surface area contributed by atoms with Gasteiger partial charge in [-0.25, -0.2) is 13.6 Å². The first kappa shape index (κ1) is 21.3. The van der Waals surface area contributed by atoms with E-state index in [2.05, 4.69) is 4.90 Å². The molecule has 0 bridgehead atoms. The highest BCUT2D eigenvalue weighted by Crippen LogP contribution is 2.29. The molecule has 6 nitrogen and oxygen atoms in total. The standard InChI is InChI=1S/C22H24F2N4O2S/c1-25(15-31)13-19-14-28(22(29)30-19)18-5-6-21(20(24)12-18)27-9-7-26(8-10-27)17-4-2-3-16(23)11-17/h2-6,11-12,15,19H,7-10,13-14H2,1H3/t19-/m0/s1. The van der Waals surface area contributed by atoms with E-state index in [0.717, 1.165) is 5.69 Å². The van der Waals surface area contributed by atoms with E-state index in [0.29, 0.717) is 50.6 Å². The molecule has 9 heteroatoms. The molecule has 0 aromatic heterocycles. The van der Waals surface area contributed by atoms with Gasteiger partial charge in [0.05, 0.1) is 30.0 Å². The first-order chi connectivity index (χ1) is 14.9. The number of halogens is 2. The lowest BCUT2D eigenvalue weighted by atomic mass is 10.2. The summed E-state index contributed by atoms with van der Waals surface area (Å²) >= 11 is 4.87. The van der Waals surface area contributed by atoms with Gasteiger partial charge in [-0.3, -0.25) is 4.90 Å². The Labute approximate surface area is 185 Å². The summed E-state index contributed by atoms with van der Waals surface area (Å²) in [5.41, 5.74) is 3.29. The third kappa shape index (κ3) is 4.71. The van der Waals surface area contributed by atoms with Crippen LogP contribution in [-0.2, 0) is 4.74 Å². The number of hydrogen-bond donors (Lipinski definition) is 0. The van der Waals surface area contributed by atoms with Crippen LogP contribution in [0.4, 0.5) is 30.6 Å². The number of hydrogen-bond acceptors (Lipinski definition) is 5. The van der Waals surface area contributed by atoms with Gasteiger partial charge in [-0.1, -0.05) is 18.3 Å². The van der Waals surface area contributed by atoms with E-state index in [-0.39, 0.29) is 17.7 Å². The topological polar surface area (TPSA) is 39.3 Å². The number of likely N-dealkylation sites (N-methyl/N-ethyl adjacent to an activating group) is 1. The van der Waals surface area contributed by atoms with Crippen LogP contribution in [-0.4, -0.2) is 68.9 Å². The molecule has 0 N–H and O–H groups in total. The number of rotatable bonds is 6. The number of nitrogens with zero attached hydrogens (tertiary/aromatic N) is 4. The zero-order valence-corrected chi connectivity index (χ0v) is 18.0. The summed E-state index contributed by atoms with van der Waals surface area (Å²) in [5, 5.41) is 0. The van der Waals surface area contributed by atoms with Crippen molar-refractivity contribution >= 4 is 40.9 Å². The van der Waals surface area contributed by atoms with Crippen LogP contribution < -0.4 is 14.7 Å². The normalized spacial score (nSPS) is 18.9. The minimum atomic E-state index is -0.487. The summed E-state index contributed by atoms with van der Waals surface area (Å²) in [6, 6.07) is 11.3. The highest BCUT2D eigenvalue weighted by Gasteiger charge is 2.33. The van der Waals surface area contributed by atoms with Gasteiger partial charge in [0.25, 0.3) is 0 Å². The Morgan fingerprint density at radius 2 is 1.84 bits per heavy atom. The lowest BCUT2D eigenvalue weighted by Crippen LogP contribution is -2.46. The quantitative estimate of drug-likeness (QED) is 0.633. The van der Waals surface area contributed by atoms with E-state index in [4.69, 9.17) is 17.0 Å². The zero-order valence-electron chi connectivity index (χ0n) is 17.2. The van der Waals surface area contributed by atoms with Crippen LogP contribution in [0.2, 0.25) is 0 Å². The number of benzene rings is 2. The number of ether oxygens (including phenoxy) is 1. The number of cyclic esters (lactones) is 1. The molecule has 2 heterocycles. The lowest BCUT2D eigenvalue weighted by Gasteiger charge is -2.37. The van der Waals surface area contributed by atoms with Crippen molar-refractivity contribution in [1.29, 1.82) is 0 Å². The average Bonchev–Trinajstić information content (AvgIpc) is 3.13. The summed E-state index contributed by atoms with van der Waals surface area (Å²) in [7, 11) is 1.81. The van der Waals surface area contributed by atoms with E-state index in [1.54, 1.807) is 23.1 Å². The first-order valence-corrected chi connectivity index (χ1v) is 10.6. The van der Waals surface area contributed by atoms with E-state index in [1.165, 1.54) is 28.6 Å². The molecule has 2 aromatic carbocycles. The minimum absolute atomic E-state index is 0.266. The molecule has 1 atom stereocenters. The fourth-order valence-corrected chi connectivity index (χ4v) is 4.08. The van der Waals surface area contributed by atoms with Gasteiger partial charge in [0.2, 0.25) is 0 Å². The predicted octanol–water partition coefficient (Wildman–Crippen LogP) is 3.51. The van der Waals surface area contributed by atoms with Crippen molar-refractivity contribution < 1.29 is 18.3 Å². The van der Waals surface area contributed by atoms with Crippen LogP contribution in [0.5, 0.6) is 0 Å². The maximum atomic E-state index is 14.9. The van der Waals surface area contributed by atoms with E-state index in [1.807, 2.05) is 18.0 Å². The molecule has 0 saturated carbocycles. The second-order valence-electron chi connectivity index (χ2n) is 7.75. The molecule has 2 aliphatic heterocycles. The van der Waals surface area contributed by atoms with Gasteiger partial charge in [-0.05, 0) is 36.4 Å². The number of piperazine rings is 1. The number of carbonyl (C=O) groups is 1. The van der Waals surface area contributed by atoms with Crippen LogP contribution in [0.25, 0.3) is 0 Å².